The second kappa shape index (κ2) is 8.69. The van der Waals surface area contributed by atoms with Crippen molar-refractivity contribution in [2.75, 3.05) is 6.54 Å². The molecule has 0 saturated heterocycles. The molecule has 0 saturated carbocycles. The molecule has 1 N–H and O–H groups in total. The molecule has 4 rings (SSSR count). The quantitative estimate of drug-likeness (QED) is 0.537. The summed E-state index contributed by atoms with van der Waals surface area (Å²) in [6.07, 6.45) is 2.23. The van der Waals surface area contributed by atoms with Gasteiger partial charge in [0, 0.05) is 23.7 Å². The van der Waals surface area contributed by atoms with E-state index in [0.29, 0.717) is 29.6 Å². The zero-order valence-corrected chi connectivity index (χ0v) is 16.2. The average molecular weight is 401 g/mol. The van der Waals surface area contributed by atoms with Crippen molar-refractivity contribution in [3.8, 4) is 0 Å². The predicted molar refractivity (Wildman–Crippen MR) is 114 cm³/mol. The standard InChI is InChI=1S/C24H20FN3O2/c25-21-11-5-4-9-19(21)16-28-22-18(10-6-13-26-22)15-20(24(28)30)23(29)27-14-12-17-7-2-1-3-8-17/h1-11,13,15H,12,14,16H2,(H,27,29). The first kappa shape index (κ1) is 19.5. The maximum Gasteiger partial charge on any atom is 0.265 e. The summed E-state index contributed by atoms with van der Waals surface area (Å²) in [6.45, 7) is 0.394. The molecular weight excluding hydrogens is 381 g/mol. The van der Waals surface area contributed by atoms with Crippen LogP contribution in [0.5, 0.6) is 0 Å². The van der Waals surface area contributed by atoms with E-state index in [-0.39, 0.29) is 12.1 Å². The van der Waals surface area contributed by atoms with E-state index in [1.54, 1.807) is 42.6 Å². The number of amides is 1. The van der Waals surface area contributed by atoms with Crippen molar-refractivity contribution in [3.63, 3.8) is 0 Å². The van der Waals surface area contributed by atoms with Crippen LogP contribution in [-0.4, -0.2) is 22.0 Å². The van der Waals surface area contributed by atoms with E-state index in [0.717, 1.165) is 5.56 Å². The Kier molecular flexibility index (Phi) is 5.66. The molecule has 0 spiro atoms. The molecule has 0 aliphatic carbocycles. The summed E-state index contributed by atoms with van der Waals surface area (Å²) in [7, 11) is 0. The van der Waals surface area contributed by atoms with Gasteiger partial charge in [-0.1, -0.05) is 48.5 Å². The van der Waals surface area contributed by atoms with Crippen LogP contribution in [0.3, 0.4) is 0 Å². The van der Waals surface area contributed by atoms with Crippen LogP contribution in [0.15, 0.2) is 83.8 Å². The van der Waals surface area contributed by atoms with E-state index in [1.807, 2.05) is 30.3 Å². The molecule has 6 heteroatoms. The minimum atomic E-state index is -0.498. The van der Waals surface area contributed by atoms with Gasteiger partial charge in [-0.05, 0) is 36.2 Å². The zero-order valence-electron chi connectivity index (χ0n) is 16.2. The van der Waals surface area contributed by atoms with Crippen molar-refractivity contribution < 1.29 is 9.18 Å². The van der Waals surface area contributed by atoms with Crippen molar-refractivity contribution in [3.05, 3.63) is 112 Å². The van der Waals surface area contributed by atoms with Crippen LogP contribution in [-0.2, 0) is 13.0 Å². The van der Waals surface area contributed by atoms with Crippen molar-refractivity contribution in [2.45, 2.75) is 13.0 Å². The molecule has 0 radical (unpaired) electrons. The number of fused-ring (bicyclic) bond motifs is 1. The van der Waals surface area contributed by atoms with Gasteiger partial charge in [-0.25, -0.2) is 9.37 Å². The maximum absolute atomic E-state index is 14.2. The van der Waals surface area contributed by atoms with Gasteiger partial charge in [0.05, 0.1) is 6.54 Å². The number of hydrogen-bond acceptors (Lipinski definition) is 3. The number of halogens is 1. The Bertz CT molecular complexity index is 1250. The van der Waals surface area contributed by atoms with Crippen molar-refractivity contribution in [1.29, 1.82) is 0 Å². The fourth-order valence-electron chi connectivity index (χ4n) is 3.37. The Labute approximate surface area is 172 Å². The second-order valence-electron chi connectivity index (χ2n) is 6.95. The Morgan fingerprint density at radius 3 is 2.57 bits per heavy atom. The highest BCUT2D eigenvalue weighted by Gasteiger charge is 2.17. The van der Waals surface area contributed by atoms with Crippen LogP contribution < -0.4 is 10.9 Å². The van der Waals surface area contributed by atoms with Crippen LogP contribution in [0.1, 0.15) is 21.5 Å². The van der Waals surface area contributed by atoms with E-state index < -0.39 is 17.3 Å². The fourth-order valence-corrected chi connectivity index (χ4v) is 3.37. The van der Waals surface area contributed by atoms with E-state index >= 15 is 0 Å². The fraction of sp³-hybridized carbons (Fsp3) is 0.125. The molecule has 0 aliphatic rings. The molecule has 0 aliphatic heterocycles. The van der Waals surface area contributed by atoms with E-state index in [2.05, 4.69) is 10.3 Å². The molecule has 150 valence electrons. The molecule has 5 nitrogen and oxygen atoms in total. The minimum Gasteiger partial charge on any atom is -0.352 e. The van der Waals surface area contributed by atoms with Gasteiger partial charge in [-0.15, -0.1) is 0 Å². The number of nitrogens with one attached hydrogen (secondary N) is 1. The Morgan fingerprint density at radius 2 is 1.77 bits per heavy atom. The highest BCUT2D eigenvalue weighted by molar-refractivity contribution is 5.96. The molecule has 0 atom stereocenters. The average Bonchev–Trinajstić information content (AvgIpc) is 2.77. The Morgan fingerprint density at radius 1 is 1.00 bits per heavy atom. The lowest BCUT2D eigenvalue weighted by Gasteiger charge is -2.13. The van der Waals surface area contributed by atoms with Gasteiger partial charge in [-0.2, -0.15) is 0 Å². The predicted octanol–water partition coefficient (Wildman–Crippen LogP) is 3.56. The minimum absolute atomic E-state index is 0.00977. The van der Waals surface area contributed by atoms with Crippen LogP contribution >= 0.6 is 0 Å². The number of nitrogens with zero attached hydrogens (tertiary/aromatic N) is 2. The van der Waals surface area contributed by atoms with Gasteiger partial charge in [0.25, 0.3) is 11.5 Å². The molecule has 0 unspecified atom stereocenters. The normalized spacial score (nSPS) is 10.8. The topological polar surface area (TPSA) is 64.0 Å². The van der Waals surface area contributed by atoms with Gasteiger partial charge in [0.15, 0.2) is 0 Å². The zero-order chi connectivity index (χ0) is 20.9. The largest absolute Gasteiger partial charge is 0.352 e. The highest BCUT2D eigenvalue weighted by Crippen LogP contribution is 2.14. The maximum atomic E-state index is 14.2. The van der Waals surface area contributed by atoms with E-state index in [9.17, 15) is 14.0 Å². The van der Waals surface area contributed by atoms with Crippen molar-refractivity contribution in [1.82, 2.24) is 14.9 Å². The van der Waals surface area contributed by atoms with Gasteiger partial charge in [0.1, 0.15) is 17.0 Å². The third-order valence-electron chi connectivity index (χ3n) is 4.92. The number of pyridine rings is 2. The summed E-state index contributed by atoms with van der Waals surface area (Å²) in [5, 5.41) is 3.45. The molecule has 1 amide bonds. The Hall–Kier alpha value is -3.80. The summed E-state index contributed by atoms with van der Waals surface area (Å²) < 4.78 is 15.5. The number of hydrogen-bond donors (Lipinski definition) is 1. The Balaban J connectivity index is 1.65. The van der Waals surface area contributed by atoms with Crippen LogP contribution in [0.25, 0.3) is 11.0 Å². The van der Waals surface area contributed by atoms with Gasteiger partial charge < -0.3 is 5.32 Å². The summed E-state index contributed by atoms with van der Waals surface area (Å²) in [4.78, 5) is 30.1. The first-order valence-electron chi connectivity index (χ1n) is 9.67. The number of rotatable bonds is 6. The van der Waals surface area contributed by atoms with Crippen molar-refractivity contribution in [2.24, 2.45) is 0 Å². The first-order valence-corrected chi connectivity index (χ1v) is 9.67. The smallest absolute Gasteiger partial charge is 0.265 e. The van der Waals surface area contributed by atoms with Crippen LogP contribution in [0, 0.1) is 5.82 Å². The van der Waals surface area contributed by atoms with E-state index in [4.69, 9.17) is 0 Å². The van der Waals surface area contributed by atoms with Gasteiger partial charge >= 0.3 is 0 Å². The highest BCUT2D eigenvalue weighted by atomic mass is 19.1. The summed E-state index contributed by atoms with van der Waals surface area (Å²) >= 11 is 0. The third-order valence-corrected chi connectivity index (χ3v) is 4.92. The number of aromatic nitrogens is 2. The molecule has 30 heavy (non-hydrogen) atoms. The lowest BCUT2D eigenvalue weighted by Crippen LogP contribution is -2.34. The third kappa shape index (κ3) is 4.12. The summed E-state index contributed by atoms with van der Waals surface area (Å²) in [5.74, 6) is -0.866. The molecule has 0 bridgehead atoms. The van der Waals surface area contributed by atoms with Gasteiger partial charge in [0.2, 0.25) is 0 Å². The molecule has 2 aromatic heterocycles. The summed E-state index contributed by atoms with van der Waals surface area (Å²) in [5.41, 5.74) is 1.37. The summed E-state index contributed by atoms with van der Waals surface area (Å²) in [6, 6.07) is 21.1. The van der Waals surface area contributed by atoms with Crippen LogP contribution in [0.4, 0.5) is 4.39 Å². The second-order valence-corrected chi connectivity index (χ2v) is 6.95. The van der Waals surface area contributed by atoms with Gasteiger partial charge in [-0.3, -0.25) is 14.2 Å². The monoisotopic (exact) mass is 401 g/mol. The van der Waals surface area contributed by atoms with Crippen molar-refractivity contribution >= 4 is 16.9 Å². The molecule has 2 heterocycles. The number of carbonyl (C=O) groups is 1. The molecule has 2 aromatic carbocycles. The van der Waals surface area contributed by atoms with Crippen LogP contribution in [0.2, 0.25) is 0 Å². The lowest BCUT2D eigenvalue weighted by atomic mass is 10.1. The number of benzene rings is 2. The lowest BCUT2D eigenvalue weighted by molar-refractivity contribution is 0.0952. The molecule has 0 fully saturated rings. The molecular formula is C24H20FN3O2. The van der Waals surface area contributed by atoms with E-state index in [1.165, 1.54) is 10.6 Å². The number of carbonyl (C=O) groups excluding carboxylic acids is 1. The first-order chi connectivity index (χ1) is 14.6. The SMILES string of the molecule is O=C(NCCc1ccccc1)c1cc2cccnc2n(Cc2ccccc2F)c1=O. The molecule has 4 aromatic rings.